The average molecular weight is 577 g/mol. The van der Waals surface area contributed by atoms with E-state index in [1.54, 1.807) is 42.5 Å². The molecular weight excluding hydrogens is 544 g/mol. The van der Waals surface area contributed by atoms with E-state index in [-0.39, 0.29) is 12.5 Å². The number of carbonyl (C=O) groups excluding carboxylic acids is 2. The van der Waals surface area contributed by atoms with Crippen molar-refractivity contribution in [2.24, 2.45) is 0 Å². The summed E-state index contributed by atoms with van der Waals surface area (Å²) < 4.78 is 17.1. The van der Waals surface area contributed by atoms with Crippen molar-refractivity contribution in [1.82, 2.24) is 25.5 Å². The van der Waals surface area contributed by atoms with Gasteiger partial charge in [0.05, 0.1) is 11.5 Å². The van der Waals surface area contributed by atoms with E-state index in [4.69, 9.17) is 14.2 Å². The normalized spacial score (nSPS) is 13.4. The number of hydrogen-bond donors (Lipinski definition) is 1. The van der Waals surface area contributed by atoms with E-state index in [1.807, 2.05) is 45.2 Å². The Bertz CT molecular complexity index is 1500. The Labute approximate surface area is 242 Å². The summed E-state index contributed by atoms with van der Waals surface area (Å²) in [6, 6.07) is 15.1. The summed E-state index contributed by atoms with van der Waals surface area (Å²) in [6.45, 7) is 8.65. The van der Waals surface area contributed by atoms with Gasteiger partial charge in [-0.2, -0.15) is 4.80 Å². The Morgan fingerprint density at radius 1 is 1.10 bits per heavy atom. The third-order valence-electron chi connectivity index (χ3n) is 6.06. The van der Waals surface area contributed by atoms with Gasteiger partial charge in [0, 0.05) is 17.3 Å². The van der Waals surface area contributed by atoms with Gasteiger partial charge in [-0.15, -0.1) is 21.5 Å². The summed E-state index contributed by atoms with van der Waals surface area (Å²) in [5.41, 5.74) is 0.510. The Hall–Kier alpha value is -4.45. The number of rotatable bonds is 9. The van der Waals surface area contributed by atoms with E-state index < -0.39 is 17.5 Å². The van der Waals surface area contributed by atoms with Gasteiger partial charge in [-0.25, -0.2) is 0 Å². The van der Waals surface area contributed by atoms with Crippen LogP contribution in [0.4, 0.5) is 5.69 Å². The first kappa shape index (κ1) is 28.1. The summed E-state index contributed by atoms with van der Waals surface area (Å²) >= 11 is 1.48. The van der Waals surface area contributed by atoms with Gasteiger partial charge in [-0.05, 0) is 74.2 Å². The minimum absolute atomic E-state index is 0.247. The van der Waals surface area contributed by atoms with Gasteiger partial charge >= 0.3 is 0 Å². The summed E-state index contributed by atoms with van der Waals surface area (Å²) in [5, 5.41) is 17.6. The molecule has 0 bridgehead atoms. The highest BCUT2D eigenvalue weighted by molar-refractivity contribution is 7.13. The van der Waals surface area contributed by atoms with Crippen LogP contribution in [-0.2, 0) is 16.1 Å². The van der Waals surface area contributed by atoms with Gasteiger partial charge < -0.3 is 19.5 Å². The van der Waals surface area contributed by atoms with E-state index in [0.29, 0.717) is 54.1 Å². The summed E-state index contributed by atoms with van der Waals surface area (Å²) in [7, 11) is 0. The lowest BCUT2D eigenvalue weighted by Crippen LogP contribution is -2.50. The molecule has 4 aromatic rings. The lowest BCUT2D eigenvalue weighted by atomic mass is 10.0. The molecule has 12 heteroatoms. The molecule has 0 saturated carbocycles. The maximum Gasteiger partial charge on any atom is 0.251 e. The van der Waals surface area contributed by atoms with Crippen molar-refractivity contribution in [3.05, 3.63) is 65.5 Å². The largest absolute Gasteiger partial charge is 0.494 e. The van der Waals surface area contributed by atoms with Crippen molar-refractivity contribution in [3.63, 3.8) is 0 Å². The molecule has 0 unspecified atom stereocenters. The predicted octanol–water partition coefficient (Wildman–Crippen LogP) is 4.26. The number of aromatic nitrogens is 4. The minimum atomic E-state index is -1.03. The monoisotopic (exact) mass is 576 g/mol. The third kappa shape index (κ3) is 6.65. The molecule has 0 radical (unpaired) electrons. The van der Waals surface area contributed by atoms with Crippen LogP contribution in [0.2, 0.25) is 0 Å². The van der Waals surface area contributed by atoms with Crippen LogP contribution >= 0.6 is 11.3 Å². The van der Waals surface area contributed by atoms with Crippen LogP contribution in [0.5, 0.6) is 17.2 Å². The quantitative estimate of drug-likeness (QED) is 0.314. The molecule has 0 fully saturated rings. The maximum absolute atomic E-state index is 14.2. The summed E-state index contributed by atoms with van der Waals surface area (Å²) in [4.78, 5) is 31.6. The number of nitrogens with one attached hydrogen (secondary N) is 1. The molecule has 5 rings (SSSR count). The van der Waals surface area contributed by atoms with Crippen molar-refractivity contribution in [3.8, 4) is 28.0 Å². The van der Waals surface area contributed by atoms with E-state index in [2.05, 4.69) is 20.7 Å². The van der Waals surface area contributed by atoms with Gasteiger partial charge in [0.25, 0.3) is 5.91 Å². The van der Waals surface area contributed by atoms with Crippen LogP contribution in [0.15, 0.2) is 60.0 Å². The summed E-state index contributed by atoms with van der Waals surface area (Å²) in [6.07, 6.45) is 0. The lowest BCUT2D eigenvalue weighted by molar-refractivity contribution is -0.128. The Morgan fingerprint density at radius 3 is 2.54 bits per heavy atom. The number of thiophene rings is 1. The molecular formula is C29H32N6O5S. The van der Waals surface area contributed by atoms with Gasteiger partial charge in [0.1, 0.15) is 31.5 Å². The van der Waals surface area contributed by atoms with Crippen LogP contribution in [0.1, 0.15) is 39.3 Å². The van der Waals surface area contributed by atoms with Crippen molar-refractivity contribution in [2.75, 3.05) is 24.7 Å². The molecule has 0 saturated heterocycles. The van der Waals surface area contributed by atoms with Crippen molar-refractivity contribution in [1.29, 1.82) is 0 Å². The molecule has 3 heterocycles. The SMILES string of the molecule is CCOc1ccc([C@H](C(=O)NC(C)(C)C)N(C(=O)Cn2nnc(-c3cccs3)n2)c2ccc3c(c2)OCCO3)cc1. The van der Waals surface area contributed by atoms with Gasteiger partial charge in [0.2, 0.25) is 11.7 Å². The molecule has 1 atom stereocenters. The molecule has 1 N–H and O–H groups in total. The second kappa shape index (κ2) is 12.0. The third-order valence-corrected chi connectivity index (χ3v) is 6.92. The average Bonchev–Trinajstić information content (AvgIpc) is 3.64. The zero-order valence-corrected chi connectivity index (χ0v) is 24.2. The standard InChI is InChI=1S/C29H32N6O5S/c1-5-38-21-11-8-19(9-12-21)26(28(37)30-29(2,3)4)35(20-10-13-22-23(17-20)40-15-14-39-22)25(36)18-34-32-27(31-33-34)24-7-6-16-41-24/h6-13,16-17,26H,5,14-15,18H2,1-4H3,(H,30,37)/t26-/m1/s1. The number of carbonyl (C=O) groups is 2. The first-order chi connectivity index (χ1) is 19.7. The van der Waals surface area contributed by atoms with Crippen LogP contribution in [0, 0.1) is 0 Å². The minimum Gasteiger partial charge on any atom is -0.494 e. The molecule has 1 aliphatic rings. The van der Waals surface area contributed by atoms with Crippen molar-refractivity contribution in [2.45, 2.75) is 45.8 Å². The van der Waals surface area contributed by atoms with Crippen molar-refractivity contribution >= 4 is 28.8 Å². The molecule has 2 amide bonds. The Morgan fingerprint density at radius 2 is 1.85 bits per heavy atom. The van der Waals surface area contributed by atoms with Crippen LogP contribution in [0.3, 0.4) is 0 Å². The predicted molar refractivity (Wildman–Crippen MR) is 154 cm³/mol. The fourth-order valence-electron chi connectivity index (χ4n) is 4.40. The molecule has 0 aliphatic carbocycles. The second-order valence-electron chi connectivity index (χ2n) is 10.4. The smallest absolute Gasteiger partial charge is 0.251 e. The highest BCUT2D eigenvalue weighted by atomic mass is 32.1. The van der Waals surface area contributed by atoms with Gasteiger partial charge in [-0.3, -0.25) is 14.5 Å². The number of tetrazole rings is 1. The Balaban J connectivity index is 1.57. The first-order valence-corrected chi connectivity index (χ1v) is 14.2. The zero-order chi connectivity index (χ0) is 29.0. The van der Waals surface area contributed by atoms with Gasteiger partial charge in [0.15, 0.2) is 11.5 Å². The van der Waals surface area contributed by atoms with Gasteiger partial charge in [-0.1, -0.05) is 18.2 Å². The fourth-order valence-corrected chi connectivity index (χ4v) is 5.05. The zero-order valence-electron chi connectivity index (χ0n) is 23.4. The van der Waals surface area contributed by atoms with Crippen LogP contribution < -0.4 is 24.4 Å². The number of fused-ring (bicyclic) bond motifs is 1. The topological polar surface area (TPSA) is 121 Å². The molecule has 0 spiro atoms. The number of anilines is 1. The second-order valence-corrected chi connectivity index (χ2v) is 11.3. The molecule has 214 valence electrons. The molecule has 41 heavy (non-hydrogen) atoms. The van der Waals surface area contributed by atoms with E-state index in [9.17, 15) is 9.59 Å². The van der Waals surface area contributed by atoms with E-state index in [0.717, 1.165) is 4.88 Å². The molecule has 11 nitrogen and oxygen atoms in total. The van der Waals surface area contributed by atoms with Crippen LogP contribution in [-0.4, -0.2) is 57.4 Å². The molecule has 2 aromatic carbocycles. The number of nitrogens with zero attached hydrogens (tertiary/aromatic N) is 5. The highest BCUT2D eigenvalue weighted by Crippen LogP contribution is 2.37. The fraction of sp³-hybridized carbons (Fsp3) is 0.345. The highest BCUT2D eigenvalue weighted by Gasteiger charge is 2.35. The van der Waals surface area contributed by atoms with E-state index in [1.165, 1.54) is 21.0 Å². The number of ether oxygens (including phenoxy) is 3. The first-order valence-electron chi connectivity index (χ1n) is 13.3. The number of hydrogen-bond acceptors (Lipinski definition) is 9. The van der Waals surface area contributed by atoms with E-state index >= 15 is 0 Å². The molecule has 2 aromatic heterocycles. The Kier molecular flexibility index (Phi) is 8.20. The summed E-state index contributed by atoms with van der Waals surface area (Å²) in [5.74, 6) is 1.38. The van der Waals surface area contributed by atoms with Crippen molar-refractivity contribution < 1.29 is 23.8 Å². The number of amides is 2. The number of benzene rings is 2. The molecule has 1 aliphatic heterocycles. The van der Waals surface area contributed by atoms with Crippen LogP contribution in [0.25, 0.3) is 10.7 Å². The maximum atomic E-state index is 14.2. The lowest BCUT2D eigenvalue weighted by Gasteiger charge is -2.34.